The van der Waals surface area contributed by atoms with Crippen LogP contribution in [0.15, 0.2) is 42.6 Å². The van der Waals surface area contributed by atoms with Gasteiger partial charge in [-0.25, -0.2) is 4.39 Å². The number of pyridine rings is 1. The van der Waals surface area contributed by atoms with Crippen molar-refractivity contribution in [1.82, 2.24) is 9.88 Å². The highest BCUT2D eigenvalue weighted by Gasteiger charge is 2.41. The van der Waals surface area contributed by atoms with E-state index in [1.54, 1.807) is 31.4 Å². The van der Waals surface area contributed by atoms with Crippen LogP contribution in [0.2, 0.25) is 10.0 Å². The molecule has 2 N–H and O–H groups in total. The Labute approximate surface area is 225 Å². The maximum Gasteiger partial charge on any atom is 0.309 e. The number of carboxylic acid groups (broad SMARTS) is 1. The van der Waals surface area contributed by atoms with E-state index < -0.39 is 23.3 Å². The number of aliphatic carboxylic acids is 1. The van der Waals surface area contributed by atoms with Gasteiger partial charge in [-0.05, 0) is 62.1 Å². The maximum atomic E-state index is 13.5. The van der Waals surface area contributed by atoms with Gasteiger partial charge in [-0.2, -0.15) is 0 Å². The summed E-state index contributed by atoms with van der Waals surface area (Å²) in [7, 11) is 1.56. The highest BCUT2D eigenvalue weighted by Crippen LogP contribution is 2.41. The Hall–Kier alpha value is -2.89. The summed E-state index contributed by atoms with van der Waals surface area (Å²) in [6, 6.07) is 9.50. The topological polar surface area (TPSA) is 82.9 Å². The molecule has 9 heteroatoms. The fourth-order valence-electron chi connectivity index (χ4n) is 4.78. The summed E-state index contributed by atoms with van der Waals surface area (Å²) >= 11 is 12.3. The molecule has 1 atom stereocenters. The average Bonchev–Trinajstić information content (AvgIpc) is 2.87. The number of hydrogen-bond acceptors (Lipinski definition) is 5. The van der Waals surface area contributed by atoms with Gasteiger partial charge in [0.05, 0.1) is 35.7 Å². The smallest absolute Gasteiger partial charge is 0.309 e. The second kappa shape index (κ2) is 11.7. The number of benzene rings is 2. The van der Waals surface area contributed by atoms with Gasteiger partial charge in [0.1, 0.15) is 11.6 Å². The fraction of sp³-hybridized carbons (Fsp3) is 0.357. The number of rotatable bonds is 7. The summed E-state index contributed by atoms with van der Waals surface area (Å²) in [4.78, 5) is 18.7. The minimum atomic E-state index is -0.955. The largest absolute Gasteiger partial charge is 0.497 e. The average molecular weight is 545 g/mol. The zero-order valence-electron chi connectivity index (χ0n) is 20.3. The Kier molecular flexibility index (Phi) is 8.56. The van der Waals surface area contributed by atoms with Gasteiger partial charge in [-0.1, -0.05) is 35.0 Å². The molecule has 194 valence electrons. The molecule has 0 aliphatic carbocycles. The number of aromatic nitrogens is 1. The van der Waals surface area contributed by atoms with E-state index in [1.807, 2.05) is 0 Å². The Bertz CT molecular complexity index is 1340. The molecule has 1 unspecified atom stereocenters. The predicted octanol–water partition coefficient (Wildman–Crippen LogP) is 5.72. The molecule has 1 saturated heterocycles. The van der Waals surface area contributed by atoms with Crippen LogP contribution >= 0.6 is 23.2 Å². The lowest BCUT2D eigenvalue weighted by Crippen LogP contribution is -2.44. The molecular formula is C28H27Cl2FN2O4. The molecule has 4 rings (SSSR count). The Morgan fingerprint density at radius 3 is 2.68 bits per heavy atom. The Balaban J connectivity index is 1.41. The molecule has 1 aliphatic rings. The lowest BCUT2D eigenvalue weighted by molar-refractivity contribution is -0.153. The summed E-state index contributed by atoms with van der Waals surface area (Å²) < 4.78 is 18.8. The van der Waals surface area contributed by atoms with Crippen molar-refractivity contribution in [3.05, 3.63) is 69.6 Å². The van der Waals surface area contributed by atoms with Crippen molar-refractivity contribution in [2.24, 2.45) is 5.41 Å². The van der Waals surface area contributed by atoms with Gasteiger partial charge < -0.3 is 14.9 Å². The number of aliphatic hydroxyl groups is 1. The molecule has 2 aromatic carbocycles. The third-order valence-electron chi connectivity index (χ3n) is 6.96. The van der Waals surface area contributed by atoms with Crippen molar-refractivity contribution in [3.63, 3.8) is 0 Å². The highest BCUT2D eigenvalue weighted by molar-refractivity contribution is 6.32. The van der Waals surface area contributed by atoms with Gasteiger partial charge in [0.15, 0.2) is 0 Å². The lowest BCUT2D eigenvalue weighted by Gasteiger charge is -2.38. The molecule has 0 amide bonds. The van der Waals surface area contributed by atoms with Crippen LogP contribution in [0.4, 0.5) is 4.39 Å². The minimum Gasteiger partial charge on any atom is -0.497 e. The summed E-state index contributed by atoms with van der Waals surface area (Å²) in [6.45, 7) is 1.54. The van der Waals surface area contributed by atoms with Crippen LogP contribution in [-0.2, 0) is 4.79 Å². The first-order valence-electron chi connectivity index (χ1n) is 11.9. The standard InChI is InChI=1S/C28H27Cl2FN2O4/c1-37-21-4-5-24-22(16-21)26(23(30)17-32-24)25(34)6-7-28(27(35)36)8-11-33(12-9-28)10-2-3-18-13-19(29)15-20(31)14-18/h4-5,13-17,25,34H,6-12H2,1H3,(H,35,36). The van der Waals surface area contributed by atoms with Gasteiger partial charge >= 0.3 is 5.97 Å². The molecule has 0 bridgehead atoms. The van der Waals surface area contributed by atoms with Crippen molar-refractivity contribution in [3.8, 4) is 17.6 Å². The number of nitrogens with zero attached hydrogens (tertiary/aromatic N) is 2. The first-order chi connectivity index (χ1) is 17.7. The van der Waals surface area contributed by atoms with E-state index in [2.05, 4.69) is 21.7 Å². The van der Waals surface area contributed by atoms with Crippen molar-refractivity contribution >= 4 is 40.1 Å². The molecule has 3 aromatic rings. The molecular weight excluding hydrogens is 518 g/mol. The van der Waals surface area contributed by atoms with Crippen molar-refractivity contribution in [2.45, 2.75) is 31.8 Å². The number of likely N-dealkylation sites (tertiary alicyclic amines) is 1. The predicted molar refractivity (Wildman–Crippen MR) is 142 cm³/mol. The van der Waals surface area contributed by atoms with Crippen molar-refractivity contribution in [2.75, 3.05) is 26.7 Å². The minimum absolute atomic E-state index is 0.239. The van der Waals surface area contributed by atoms with E-state index in [1.165, 1.54) is 18.3 Å². The summed E-state index contributed by atoms with van der Waals surface area (Å²) in [5, 5.41) is 22.5. The van der Waals surface area contributed by atoms with Crippen LogP contribution in [0.3, 0.4) is 0 Å². The number of fused-ring (bicyclic) bond motifs is 1. The molecule has 0 radical (unpaired) electrons. The van der Waals surface area contributed by atoms with Crippen LogP contribution in [0, 0.1) is 23.1 Å². The van der Waals surface area contributed by atoms with E-state index in [0.717, 1.165) is 0 Å². The van der Waals surface area contributed by atoms with Gasteiger partial charge in [-0.3, -0.25) is 14.7 Å². The first kappa shape index (κ1) is 27.2. The third kappa shape index (κ3) is 6.34. The monoisotopic (exact) mass is 544 g/mol. The molecule has 37 heavy (non-hydrogen) atoms. The van der Waals surface area contributed by atoms with Gasteiger partial charge in [-0.15, -0.1) is 0 Å². The van der Waals surface area contributed by atoms with Gasteiger partial charge in [0.2, 0.25) is 0 Å². The second-order valence-electron chi connectivity index (χ2n) is 9.28. The SMILES string of the molecule is COc1ccc2ncc(Cl)c(C(O)CCC3(C(=O)O)CCN(CC#Cc4cc(F)cc(Cl)c4)CC3)c2c1. The zero-order valence-corrected chi connectivity index (χ0v) is 21.8. The third-order valence-corrected chi connectivity index (χ3v) is 7.48. The number of halogens is 3. The van der Waals surface area contributed by atoms with E-state index in [9.17, 15) is 19.4 Å². The fourth-order valence-corrected chi connectivity index (χ4v) is 5.28. The number of carboxylic acids is 1. The van der Waals surface area contributed by atoms with Crippen molar-refractivity contribution < 1.29 is 24.1 Å². The van der Waals surface area contributed by atoms with Crippen LogP contribution in [-0.4, -0.2) is 52.8 Å². The van der Waals surface area contributed by atoms with E-state index >= 15 is 0 Å². The number of aliphatic hydroxyl groups excluding tert-OH is 1. The number of ether oxygens (including phenoxy) is 1. The van der Waals surface area contributed by atoms with Crippen LogP contribution < -0.4 is 4.74 Å². The molecule has 6 nitrogen and oxygen atoms in total. The molecule has 1 aliphatic heterocycles. The second-order valence-corrected chi connectivity index (χ2v) is 10.1. The Morgan fingerprint density at radius 2 is 2.00 bits per heavy atom. The number of piperidine rings is 1. The maximum absolute atomic E-state index is 13.5. The molecule has 0 saturated carbocycles. The van der Waals surface area contributed by atoms with Crippen LogP contribution in [0.5, 0.6) is 5.75 Å². The van der Waals surface area contributed by atoms with Crippen molar-refractivity contribution in [1.29, 1.82) is 0 Å². The summed E-state index contributed by atoms with van der Waals surface area (Å²) in [5.41, 5.74) is 0.739. The van der Waals surface area contributed by atoms with E-state index in [4.69, 9.17) is 27.9 Å². The zero-order chi connectivity index (χ0) is 26.6. The van der Waals surface area contributed by atoms with E-state index in [0.29, 0.717) is 71.7 Å². The van der Waals surface area contributed by atoms with E-state index in [-0.39, 0.29) is 11.4 Å². The molecule has 0 spiro atoms. The van der Waals surface area contributed by atoms with Crippen LogP contribution in [0.1, 0.15) is 42.9 Å². The quantitative estimate of drug-likeness (QED) is 0.370. The van der Waals surface area contributed by atoms with Gasteiger partial charge in [0.25, 0.3) is 0 Å². The molecule has 1 aromatic heterocycles. The van der Waals surface area contributed by atoms with Gasteiger partial charge in [0, 0.05) is 40.8 Å². The number of carbonyl (C=O) groups is 1. The Morgan fingerprint density at radius 1 is 1.24 bits per heavy atom. The first-order valence-corrected chi connectivity index (χ1v) is 12.7. The lowest BCUT2D eigenvalue weighted by atomic mass is 9.74. The number of methoxy groups -OCH3 is 1. The number of hydrogen-bond donors (Lipinski definition) is 2. The highest BCUT2D eigenvalue weighted by atomic mass is 35.5. The molecule has 2 heterocycles. The summed E-state index contributed by atoms with van der Waals surface area (Å²) in [6.07, 6.45) is 1.95. The summed E-state index contributed by atoms with van der Waals surface area (Å²) in [5.74, 6) is 5.23. The molecule has 1 fully saturated rings. The normalized spacial score (nSPS) is 16.1. The van der Waals surface area contributed by atoms with Crippen LogP contribution in [0.25, 0.3) is 10.9 Å².